The first kappa shape index (κ1) is 14.5. The van der Waals surface area contributed by atoms with Gasteiger partial charge in [-0.05, 0) is 26.0 Å². The van der Waals surface area contributed by atoms with Crippen LogP contribution in [-0.2, 0) is 4.74 Å². The Kier molecular flexibility index (Phi) is 4.97. The largest absolute Gasteiger partial charge is 0.373 e. The smallest absolute Gasteiger partial charge is 0.164 e. The Hall–Kier alpha value is -0.900. The molecule has 0 aromatic heterocycles. The Balaban J connectivity index is 1.86. The van der Waals surface area contributed by atoms with Gasteiger partial charge in [0.1, 0.15) is 0 Å². The second-order valence-corrected chi connectivity index (χ2v) is 5.64. The van der Waals surface area contributed by atoms with Gasteiger partial charge < -0.3 is 4.74 Å². The van der Waals surface area contributed by atoms with Gasteiger partial charge in [0.05, 0.1) is 12.2 Å². The van der Waals surface area contributed by atoms with Gasteiger partial charge in [-0.15, -0.1) is 0 Å². The predicted octanol–water partition coefficient (Wildman–Crippen LogP) is 3.02. The predicted molar refractivity (Wildman–Crippen MR) is 76.8 cm³/mol. The van der Waals surface area contributed by atoms with E-state index >= 15 is 0 Å². The Morgan fingerprint density at radius 3 is 2.68 bits per heavy atom. The van der Waals surface area contributed by atoms with Crippen molar-refractivity contribution in [2.75, 3.05) is 19.6 Å². The molecule has 104 valence electrons. The number of ether oxygens (including phenoxy) is 1. The number of rotatable bonds is 4. The van der Waals surface area contributed by atoms with Crippen molar-refractivity contribution in [3.8, 4) is 0 Å². The van der Waals surface area contributed by atoms with Crippen molar-refractivity contribution in [1.82, 2.24) is 4.90 Å². The normalized spacial score (nSPS) is 24.4. The summed E-state index contributed by atoms with van der Waals surface area (Å²) in [4.78, 5) is 14.4. The third-order valence-electron chi connectivity index (χ3n) is 3.30. The van der Waals surface area contributed by atoms with E-state index in [9.17, 15) is 4.79 Å². The van der Waals surface area contributed by atoms with E-state index in [1.165, 1.54) is 0 Å². The lowest BCUT2D eigenvalue weighted by atomic mass is 10.1. The van der Waals surface area contributed by atoms with Gasteiger partial charge in [-0.3, -0.25) is 9.69 Å². The molecule has 0 amide bonds. The number of benzene rings is 1. The second kappa shape index (κ2) is 6.51. The van der Waals surface area contributed by atoms with E-state index in [-0.39, 0.29) is 18.0 Å². The molecule has 0 saturated carbocycles. The molecule has 0 aliphatic carbocycles. The fraction of sp³-hybridized carbons (Fsp3) is 0.533. The molecule has 0 radical (unpaired) electrons. The van der Waals surface area contributed by atoms with Gasteiger partial charge in [0, 0.05) is 36.6 Å². The highest BCUT2D eigenvalue weighted by Gasteiger charge is 2.22. The molecule has 19 heavy (non-hydrogen) atoms. The third kappa shape index (κ3) is 4.30. The minimum absolute atomic E-state index is 0.147. The summed E-state index contributed by atoms with van der Waals surface area (Å²) in [6.07, 6.45) is 1.01. The third-order valence-corrected chi connectivity index (χ3v) is 3.53. The van der Waals surface area contributed by atoms with Crippen molar-refractivity contribution in [2.45, 2.75) is 32.5 Å². The van der Waals surface area contributed by atoms with Gasteiger partial charge in [-0.2, -0.15) is 0 Å². The molecule has 0 N–H and O–H groups in total. The molecule has 2 atom stereocenters. The molecular formula is C15H20ClNO2. The zero-order chi connectivity index (χ0) is 13.8. The van der Waals surface area contributed by atoms with Crippen LogP contribution in [0, 0.1) is 0 Å². The van der Waals surface area contributed by atoms with Crippen LogP contribution in [0.5, 0.6) is 0 Å². The van der Waals surface area contributed by atoms with Gasteiger partial charge >= 0.3 is 0 Å². The molecule has 0 spiro atoms. The zero-order valence-corrected chi connectivity index (χ0v) is 12.2. The summed E-state index contributed by atoms with van der Waals surface area (Å²) in [6, 6.07) is 7.14. The van der Waals surface area contributed by atoms with Gasteiger partial charge in [0.15, 0.2) is 5.78 Å². The Labute approximate surface area is 119 Å². The van der Waals surface area contributed by atoms with E-state index < -0.39 is 0 Å². The lowest BCUT2D eigenvalue weighted by Gasteiger charge is -2.35. The van der Waals surface area contributed by atoms with Crippen LogP contribution < -0.4 is 0 Å². The molecule has 1 heterocycles. The molecule has 0 bridgehead atoms. The van der Waals surface area contributed by atoms with Crippen LogP contribution in [-0.4, -0.2) is 42.5 Å². The lowest BCUT2D eigenvalue weighted by molar-refractivity contribution is -0.0675. The summed E-state index contributed by atoms with van der Waals surface area (Å²) in [5.74, 6) is 0.147. The molecule has 3 nitrogen and oxygen atoms in total. The summed E-state index contributed by atoms with van der Waals surface area (Å²) in [7, 11) is 0. The SMILES string of the molecule is C[C@@H]1CN(CCC(=O)c2cccc(Cl)c2)C[C@H](C)O1. The standard InChI is InChI=1S/C15H20ClNO2/c1-11-9-17(10-12(2)19-11)7-6-15(18)13-4-3-5-14(16)8-13/h3-5,8,11-12H,6-7,9-10H2,1-2H3/t11-,12+. The van der Waals surface area contributed by atoms with E-state index in [1.807, 2.05) is 12.1 Å². The number of carbonyl (C=O) groups excluding carboxylic acids is 1. The lowest BCUT2D eigenvalue weighted by Crippen LogP contribution is -2.46. The van der Waals surface area contributed by atoms with E-state index in [1.54, 1.807) is 12.1 Å². The number of morpholine rings is 1. The Morgan fingerprint density at radius 1 is 1.37 bits per heavy atom. The molecule has 1 saturated heterocycles. The fourth-order valence-corrected chi connectivity index (χ4v) is 2.72. The highest BCUT2D eigenvalue weighted by atomic mass is 35.5. The summed E-state index contributed by atoms with van der Waals surface area (Å²) in [5.41, 5.74) is 0.696. The Morgan fingerprint density at radius 2 is 2.05 bits per heavy atom. The number of nitrogens with zero attached hydrogens (tertiary/aromatic N) is 1. The Bertz CT molecular complexity index is 440. The molecule has 1 fully saturated rings. The minimum Gasteiger partial charge on any atom is -0.373 e. The van der Waals surface area contributed by atoms with Crippen LogP contribution in [0.2, 0.25) is 5.02 Å². The number of halogens is 1. The average molecular weight is 282 g/mol. The summed E-state index contributed by atoms with van der Waals surface area (Å²) in [6.45, 7) is 6.71. The maximum Gasteiger partial charge on any atom is 0.164 e. The molecule has 1 aromatic rings. The molecule has 1 aliphatic rings. The van der Waals surface area contributed by atoms with Crippen LogP contribution in [0.25, 0.3) is 0 Å². The summed E-state index contributed by atoms with van der Waals surface area (Å²) < 4.78 is 5.68. The van der Waals surface area contributed by atoms with E-state index in [4.69, 9.17) is 16.3 Å². The quantitative estimate of drug-likeness (QED) is 0.795. The van der Waals surface area contributed by atoms with E-state index in [0.717, 1.165) is 19.6 Å². The van der Waals surface area contributed by atoms with Gasteiger partial charge in [-0.1, -0.05) is 23.7 Å². The first-order valence-electron chi connectivity index (χ1n) is 6.71. The average Bonchev–Trinajstić information content (AvgIpc) is 2.35. The van der Waals surface area contributed by atoms with Crippen molar-refractivity contribution in [3.05, 3.63) is 34.9 Å². The van der Waals surface area contributed by atoms with Crippen LogP contribution in [0.1, 0.15) is 30.6 Å². The molecular weight excluding hydrogens is 262 g/mol. The van der Waals surface area contributed by atoms with Crippen LogP contribution in [0.4, 0.5) is 0 Å². The number of carbonyl (C=O) groups is 1. The molecule has 1 aliphatic heterocycles. The van der Waals surface area contributed by atoms with Crippen molar-refractivity contribution in [1.29, 1.82) is 0 Å². The zero-order valence-electron chi connectivity index (χ0n) is 11.4. The van der Waals surface area contributed by atoms with Crippen molar-refractivity contribution < 1.29 is 9.53 Å². The fourth-order valence-electron chi connectivity index (χ4n) is 2.53. The topological polar surface area (TPSA) is 29.5 Å². The first-order valence-corrected chi connectivity index (χ1v) is 7.09. The van der Waals surface area contributed by atoms with Gasteiger partial charge in [0.25, 0.3) is 0 Å². The number of ketones is 1. The van der Waals surface area contributed by atoms with E-state index in [0.29, 0.717) is 17.0 Å². The highest BCUT2D eigenvalue weighted by Crippen LogP contribution is 2.14. The monoisotopic (exact) mass is 281 g/mol. The number of hydrogen-bond donors (Lipinski definition) is 0. The van der Waals surface area contributed by atoms with Crippen LogP contribution >= 0.6 is 11.6 Å². The number of Topliss-reactive ketones (excluding diaryl/α,β-unsaturated/α-hetero) is 1. The maximum atomic E-state index is 12.1. The van der Waals surface area contributed by atoms with Crippen molar-refractivity contribution in [2.24, 2.45) is 0 Å². The first-order chi connectivity index (χ1) is 9.04. The van der Waals surface area contributed by atoms with Crippen molar-refractivity contribution >= 4 is 17.4 Å². The van der Waals surface area contributed by atoms with Gasteiger partial charge in [-0.25, -0.2) is 0 Å². The molecule has 2 rings (SSSR count). The van der Waals surface area contributed by atoms with Crippen LogP contribution in [0.15, 0.2) is 24.3 Å². The molecule has 1 aromatic carbocycles. The van der Waals surface area contributed by atoms with E-state index in [2.05, 4.69) is 18.7 Å². The van der Waals surface area contributed by atoms with Crippen LogP contribution in [0.3, 0.4) is 0 Å². The molecule has 0 unspecified atom stereocenters. The summed E-state index contributed by atoms with van der Waals surface area (Å²) in [5, 5.41) is 0.611. The summed E-state index contributed by atoms with van der Waals surface area (Å²) >= 11 is 5.90. The van der Waals surface area contributed by atoms with Gasteiger partial charge in [0.2, 0.25) is 0 Å². The molecule has 4 heteroatoms. The second-order valence-electron chi connectivity index (χ2n) is 5.20. The van der Waals surface area contributed by atoms with Crippen molar-refractivity contribution in [3.63, 3.8) is 0 Å². The minimum atomic E-state index is 0.147. The highest BCUT2D eigenvalue weighted by molar-refractivity contribution is 6.31. The number of hydrogen-bond acceptors (Lipinski definition) is 3. The maximum absolute atomic E-state index is 12.1.